The zero-order valence-corrected chi connectivity index (χ0v) is 17.0. The van der Waals surface area contributed by atoms with Gasteiger partial charge in [0, 0.05) is 17.1 Å². The fraction of sp³-hybridized carbons (Fsp3) is 0.318. The number of aliphatic carboxylic acids is 1. The predicted molar refractivity (Wildman–Crippen MR) is 105 cm³/mol. The number of aromatic nitrogens is 1. The van der Waals surface area contributed by atoms with Crippen LogP contribution in [0.2, 0.25) is 0 Å². The number of rotatable bonds is 6. The van der Waals surface area contributed by atoms with Gasteiger partial charge in [0.2, 0.25) is 0 Å². The number of carbonyl (C=O) groups is 1. The van der Waals surface area contributed by atoms with E-state index in [1.807, 2.05) is 13.8 Å². The van der Waals surface area contributed by atoms with Crippen LogP contribution in [0, 0.1) is 5.92 Å². The van der Waals surface area contributed by atoms with Gasteiger partial charge in [0.05, 0.1) is 17.5 Å². The first-order chi connectivity index (χ1) is 14.8. The Morgan fingerprint density at radius 2 is 1.62 bits per heavy atom. The number of H-pyrrole nitrogens is 1. The van der Waals surface area contributed by atoms with Crippen molar-refractivity contribution < 1.29 is 41.0 Å². The molecule has 4 nitrogen and oxygen atoms in total. The van der Waals surface area contributed by atoms with E-state index in [2.05, 4.69) is 4.98 Å². The number of hydrogen-bond donors (Lipinski definition) is 2. The Kier molecular flexibility index (Phi) is 6.17. The number of halogens is 6. The lowest BCUT2D eigenvalue weighted by Gasteiger charge is -2.20. The van der Waals surface area contributed by atoms with Crippen LogP contribution in [-0.4, -0.2) is 16.1 Å². The summed E-state index contributed by atoms with van der Waals surface area (Å²) in [5.41, 5.74) is -2.51. The zero-order valence-electron chi connectivity index (χ0n) is 17.0. The van der Waals surface area contributed by atoms with Crippen LogP contribution in [0.1, 0.15) is 36.1 Å². The van der Waals surface area contributed by atoms with Gasteiger partial charge in [-0.1, -0.05) is 13.8 Å². The van der Waals surface area contributed by atoms with Crippen molar-refractivity contribution in [3.8, 4) is 11.5 Å². The monoisotopic (exact) mass is 459 g/mol. The quantitative estimate of drug-likeness (QED) is 0.398. The highest BCUT2D eigenvalue weighted by Gasteiger charge is 2.43. The number of alkyl halides is 6. The third-order valence-corrected chi connectivity index (χ3v) is 4.70. The minimum atomic E-state index is -5.20. The fourth-order valence-corrected chi connectivity index (χ4v) is 3.44. The second-order valence-corrected chi connectivity index (χ2v) is 7.81. The summed E-state index contributed by atoms with van der Waals surface area (Å²) in [6.45, 7) is 3.95. The molecule has 2 aromatic carbocycles. The molecule has 32 heavy (non-hydrogen) atoms. The van der Waals surface area contributed by atoms with E-state index in [-0.39, 0.29) is 11.7 Å². The van der Waals surface area contributed by atoms with Gasteiger partial charge in [-0.3, -0.25) is 4.79 Å². The number of aromatic amines is 1. The summed E-state index contributed by atoms with van der Waals surface area (Å²) in [6, 6.07) is 4.90. The van der Waals surface area contributed by atoms with Gasteiger partial charge < -0.3 is 14.8 Å². The van der Waals surface area contributed by atoms with Gasteiger partial charge in [0.1, 0.15) is 5.75 Å². The maximum Gasteiger partial charge on any atom is 0.420 e. The number of nitrogens with one attached hydrogen (secondary N) is 1. The van der Waals surface area contributed by atoms with Crippen molar-refractivity contribution in [3.05, 3.63) is 58.8 Å². The minimum Gasteiger partial charge on any atom is -0.481 e. The third kappa shape index (κ3) is 5.17. The smallest absolute Gasteiger partial charge is 0.420 e. The van der Waals surface area contributed by atoms with E-state index in [9.17, 15) is 31.1 Å². The highest BCUT2D eigenvalue weighted by molar-refractivity contribution is 5.84. The maximum absolute atomic E-state index is 13.6. The number of fused-ring (bicyclic) bond motifs is 1. The molecule has 0 saturated heterocycles. The van der Waals surface area contributed by atoms with Gasteiger partial charge in [-0.2, -0.15) is 26.3 Å². The number of benzene rings is 2. The molecule has 3 rings (SSSR count). The number of hydrogen-bond acceptors (Lipinski definition) is 2. The van der Waals surface area contributed by atoms with Gasteiger partial charge in [-0.05, 0) is 53.8 Å². The first-order valence-corrected chi connectivity index (χ1v) is 9.56. The van der Waals surface area contributed by atoms with Crippen LogP contribution in [0.4, 0.5) is 26.3 Å². The number of carboxylic acid groups (broad SMARTS) is 1. The van der Waals surface area contributed by atoms with Crippen LogP contribution in [-0.2, 0) is 30.0 Å². The molecular formula is C22H19F6NO3. The molecule has 0 spiro atoms. The average Bonchev–Trinajstić information content (AvgIpc) is 3.02. The van der Waals surface area contributed by atoms with Crippen molar-refractivity contribution in [2.45, 2.75) is 39.0 Å². The van der Waals surface area contributed by atoms with Crippen molar-refractivity contribution in [2.75, 3.05) is 0 Å². The molecular weight excluding hydrogens is 440 g/mol. The molecule has 172 valence electrons. The molecule has 0 fully saturated rings. The van der Waals surface area contributed by atoms with Gasteiger partial charge in [0.15, 0.2) is 5.75 Å². The van der Waals surface area contributed by atoms with E-state index < -0.39 is 47.2 Å². The molecule has 0 amide bonds. The number of carboxylic acids is 1. The third-order valence-electron chi connectivity index (χ3n) is 4.70. The lowest BCUT2D eigenvalue weighted by Crippen LogP contribution is -2.16. The number of ether oxygens (including phenoxy) is 1. The first-order valence-electron chi connectivity index (χ1n) is 9.56. The summed E-state index contributed by atoms with van der Waals surface area (Å²) in [4.78, 5) is 13.9. The molecule has 0 saturated carbocycles. The van der Waals surface area contributed by atoms with Crippen molar-refractivity contribution in [3.63, 3.8) is 0 Å². The zero-order chi connectivity index (χ0) is 23.8. The van der Waals surface area contributed by atoms with Gasteiger partial charge in [-0.15, -0.1) is 0 Å². The summed E-state index contributed by atoms with van der Waals surface area (Å²) in [5.74, 6) is -2.91. The largest absolute Gasteiger partial charge is 0.481 e. The van der Waals surface area contributed by atoms with Crippen molar-refractivity contribution in [1.82, 2.24) is 4.98 Å². The van der Waals surface area contributed by atoms with Crippen molar-refractivity contribution in [2.24, 2.45) is 5.92 Å². The molecule has 1 aromatic heterocycles. The summed E-state index contributed by atoms with van der Waals surface area (Å²) >= 11 is 0. The Bertz CT molecular complexity index is 1110. The lowest BCUT2D eigenvalue weighted by molar-refractivity contribution is -0.145. The molecule has 0 aliphatic rings. The van der Waals surface area contributed by atoms with E-state index in [4.69, 9.17) is 9.84 Å². The van der Waals surface area contributed by atoms with E-state index >= 15 is 0 Å². The normalized spacial score (nSPS) is 12.5. The van der Waals surface area contributed by atoms with Crippen LogP contribution in [0.3, 0.4) is 0 Å². The Morgan fingerprint density at radius 1 is 1.03 bits per heavy atom. The molecule has 0 aliphatic carbocycles. The van der Waals surface area contributed by atoms with Gasteiger partial charge in [-0.25, -0.2) is 0 Å². The van der Waals surface area contributed by atoms with Crippen molar-refractivity contribution in [1.29, 1.82) is 0 Å². The summed E-state index contributed by atoms with van der Waals surface area (Å²) < 4.78 is 87.1. The minimum absolute atomic E-state index is 0.205. The summed E-state index contributed by atoms with van der Waals surface area (Å²) in [5, 5.41) is 9.46. The summed E-state index contributed by atoms with van der Waals surface area (Å²) in [7, 11) is 0. The Morgan fingerprint density at radius 3 is 2.12 bits per heavy atom. The van der Waals surface area contributed by atoms with Crippen LogP contribution < -0.4 is 4.74 Å². The molecule has 1 heterocycles. The van der Waals surface area contributed by atoms with Crippen LogP contribution in [0.5, 0.6) is 11.5 Å². The topological polar surface area (TPSA) is 62.3 Å². The van der Waals surface area contributed by atoms with E-state index in [0.29, 0.717) is 29.5 Å². The predicted octanol–water partition coefficient (Wildman–Crippen LogP) is 6.82. The fourth-order valence-electron chi connectivity index (χ4n) is 3.44. The van der Waals surface area contributed by atoms with E-state index in [1.165, 1.54) is 18.2 Å². The average molecular weight is 459 g/mol. The van der Waals surface area contributed by atoms with Crippen LogP contribution in [0.25, 0.3) is 10.9 Å². The summed E-state index contributed by atoms with van der Waals surface area (Å²) in [6.07, 6.45) is -9.03. The van der Waals surface area contributed by atoms with E-state index in [0.717, 1.165) is 5.56 Å². The SMILES string of the molecule is CC(C)Cc1c[nH]c2ccc(Oc3c(C(F)(F)F)cc(CC(=O)O)cc3C(F)(F)F)cc12. The standard InChI is InChI=1S/C22H19F6NO3/c1-11(2)5-13-10-29-18-4-3-14(9-15(13)18)32-20-16(21(23,24)25)6-12(8-19(30)31)7-17(20)22(26,27)28/h3-4,6-7,9-11,29H,5,8H2,1-2H3,(H,30,31). The van der Waals surface area contributed by atoms with E-state index in [1.54, 1.807) is 6.20 Å². The Hall–Kier alpha value is -3.17. The molecule has 0 aliphatic heterocycles. The second kappa shape index (κ2) is 8.40. The molecule has 0 unspecified atom stereocenters. The van der Waals surface area contributed by atoms with Gasteiger partial charge in [0.25, 0.3) is 0 Å². The highest BCUT2D eigenvalue weighted by Crippen LogP contribution is 2.47. The molecule has 3 aromatic rings. The second-order valence-electron chi connectivity index (χ2n) is 7.81. The van der Waals surface area contributed by atoms with Gasteiger partial charge >= 0.3 is 18.3 Å². The Balaban J connectivity index is 2.16. The maximum atomic E-state index is 13.6. The highest BCUT2D eigenvalue weighted by atomic mass is 19.4. The lowest BCUT2D eigenvalue weighted by atomic mass is 10.0. The Labute approximate surface area is 178 Å². The molecule has 0 atom stereocenters. The van der Waals surface area contributed by atoms with Crippen molar-refractivity contribution >= 4 is 16.9 Å². The molecule has 0 bridgehead atoms. The molecule has 2 N–H and O–H groups in total. The van der Waals surface area contributed by atoms with Crippen LogP contribution in [0.15, 0.2) is 36.5 Å². The molecule has 0 radical (unpaired) electrons. The first kappa shape index (κ1) is 23.5. The van der Waals surface area contributed by atoms with Crippen LogP contribution >= 0.6 is 0 Å². The molecule has 10 heteroatoms.